The number of rotatable bonds is 8. The molecule has 0 radical (unpaired) electrons. The molecule has 2 N–H and O–H groups in total. The van der Waals surface area contributed by atoms with Crippen molar-refractivity contribution >= 4 is 52.6 Å². The number of benzene rings is 2. The molecule has 0 saturated carbocycles. The van der Waals surface area contributed by atoms with Gasteiger partial charge in [-0.2, -0.15) is 0 Å². The summed E-state index contributed by atoms with van der Waals surface area (Å²) in [4.78, 5) is 49.2. The zero-order valence-electron chi connectivity index (χ0n) is 18.2. The smallest absolute Gasteiger partial charge is 0.311 e. The molecule has 0 aromatic heterocycles. The van der Waals surface area contributed by atoms with Crippen LogP contribution in [-0.4, -0.2) is 56.1 Å². The number of hydrogen-bond acceptors (Lipinski definition) is 7. The molecule has 12 heteroatoms. The van der Waals surface area contributed by atoms with Crippen molar-refractivity contribution < 1.29 is 33.4 Å². The van der Waals surface area contributed by atoms with E-state index in [2.05, 4.69) is 10.7 Å². The fourth-order valence-electron chi connectivity index (χ4n) is 3.17. The minimum atomic E-state index is -0.850. The van der Waals surface area contributed by atoms with Gasteiger partial charge in [-0.15, -0.1) is 0 Å². The van der Waals surface area contributed by atoms with Gasteiger partial charge in [0, 0.05) is 17.5 Å². The van der Waals surface area contributed by atoms with Crippen molar-refractivity contribution in [3.05, 3.63) is 52.0 Å². The van der Waals surface area contributed by atoms with Crippen molar-refractivity contribution in [1.82, 2.24) is 10.4 Å². The summed E-state index contributed by atoms with van der Waals surface area (Å²) in [7, 11) is 2.94. The van der Waals surface area contributed by atoms with Crippen LogP contribution < -0.4 is 20.2 Å². The van der Waals surface area contributed by atoms with E-state index in [0.717, 1.165) is 5.01 Å². The van der Waals surface area contributed by atoms with E-state index >= 15 is 0 Å². The van der Waals surface area contributed by atoms with Crippen LogP contribution in [0.2, 0.25) is 10.0 Å². The number of methoxy groups -OCH3 is 2. The largest absolute Gasteiger partial charge is 0.497 e. The van der Waals surface area contributed by atoms with E-state index in [-0.39, 0.29) is 23.6 Å². The molecule has 0 unspecified atom stereocenters. The third-order valence-electron chi connectivity index (χ3n) is 4.90. The maximum atomic E-state index is 12.4. The summed E-state index contributed by atoms with van der Waals surface area (Å²) in [6.07, 6.45) is -0.179. The Kier molecular flexibility index (Phi) is 8.19. The molecule has 1 saturated heterocycles. The van der Waals surface area contributed by atoms with Gasteiger partial charge in [-0.25, -0.2) is 0 Å². The minimum Gasteiger partial charge on any atom is -0.497 e. The number of nitrogens with one attached hydrogen (secondary N) is 2. The molecular weight excluding hydrogens is 489 g/mol. The maximum Gasteiger partial charge on any atom is 0.311 e. The second-order valence-electron chi connectivity index (χ2n) is 7.19. The Morgan fingerprint density at radius 2 is 1.85 bits per heavy atom. The highest BCUT2D eigenvalue weighted by molar-refractivity contribution is 6.36. The van der Waals surface area contributed by atoms with Gasteiger partial charge in [-0.3, -0.25) is 29.6 Å². The fourth-order valence-corrected chi connectivity index (χ4v) is 3.67. The average Bonchev–Trinajstić information content (AvgIpc) is 3.17. The summed E-state index contributed by atoms with van der Waals surface area (Å²) in [5.41, 5.74) is 2.91. The van der Waals surface area contributed by atoms with Crippen molar-refractivity contribution in [2.24, 2.45) is 5.92 Å². The van der Waals surface area contributed by atoms with E-state index in [1.807, 2.05) is 0 Å². The van der Waals surface area contributed by atoms with Crippen molar-refractivity contribution in [1.29, 1.82) is 0 Å². The number of carbonyl (C=O) groups is 4. The lowest BCUT2D eigenvalue weighted by atomic mass is 10.1. The third-order valence-corrected chi connectivity index (χ3v) is 5.45. The first-order chi connectivity index (χ1) is 16.2. The van der Waals surface area contributed by atoms with Crippen LogP contribution in [0.15, 0.2) is 36.4 Å². The maximum absolute atomic E-state index is 12.4. The topological polar surface area (TPSA) is 123 Å². The molecule has 34 heavy (non-hydrogen) atoms. The molecule has 180 valence electrons. The SMILES string of the molecule is COc1ccc(NC(=O)COC(=O)[C@@H]2CC(=O)N(NC(=O)c3ccc(Cl)cc3Cl)C2)c(OC)c1. The van der Waals surface area contributed by atoms with Gasteiger partial charge in [0.25, 0.3) is 11.8 Å². The standard InChI is InChI=1S/C22H21Cl2N3O7/c1-32-14-4-6-17(18(9-14)33-2)25-19(28)11-34-22(31)12-7-20(29)27(10-12)26-21(30)15-5-3-13(23)8-16(15)24/h3-6,8-9,12H,7,10-11H2,1-2H3,(H,25,28)(H,26,30)/t12-/m1/s1. The molecule has 0 aliphatic carbocycles. The van der Waals surface area contributed by atoms with Gasteiger partial charge >= 0.3 is 5.97 Å². The Bertz CT molecular complexity index is 1130. The number of ether oxygens (including phenoxy) is 3. The third kappa shape index (κ3) is 6.09. The molecule has 0 spiro atoms. The number of amides is 3. The van der Waals surface area contributed by atoms with Crippen LogP contribution in [-0.2, 0) is 19.1 Å². The van der Waals surface area contributed by atoms with E-state index in [1.165, 1.54) is 32.4 Å². The number of hydrazine groups is 1. The summed E-state index contributed by atoms with van der Waals surface area (Å²) in [6.45, 7) is -0.673. The van der Waals surface area contributed by atoms with E-state index in [9.17, 15) is 19.2 Å². The Morgan fingerprint density at radius 3 is 2.53 bits per heavy atom. The quantitative estimate of drug-likeness (QED) is 0.524. The van der Waals surface area contributed by atoms with Gasteiger partial charge < -0.3 is 19.5 Å². The summed E-state index contributed by atoms with van der Waals surface area (Å²) >= 11 is 11.8. The highest BCUT2D eigenvalue weighted by Gasteiger charge is 2.37. The first-order valence-electron chi connectivity index (χ1n) is 9.96. The molecule has 3 amide bonds. The van der Waals surface area contributed by atoms with Crippen LogP contribution in [0.25, 0.3) is 0 Å². The van der Waals surface area contributed by atoms with Crippen LogP contribution >= 0.6 is 23.2 Å². The summed E-state index contributed by atoms with van der Waals surface area (Å²) < 4.78 is 15.4. The molecule has 1 aliphatic rings. The van der Waals surface area contributed by atoms with Gasteiger partial charge in [-0.1, -0.05) is 23.2 Å². The summed E-state index contributed by atoms with van der Waals surface area (Å²) in [5, 5.41) is 4.07. The number of halogens is 2. The lowest BCUT2D eigenvalue weighted by molar-refractivity contribution is -0.151. The molecule has 1 atom stereocenters. The van der Waals surface area contributed by atoms with Crippen molar-refractivity contribution in [3.63, 3.8) is 0 Å². The number of esters is 1. The second-order valence-corrected chi connectivity index (χ2v) is 8.04. The molecule has 2 aromatic carbocycles. The summed E-state index contributed by atoms with van der Waals surface area (Å²) in [5.74, 6) is -2.38. The lowest BCUT2D eigenvalue weighted by Gasteiger charge is -2.18. The predicted molar refractivity (Wildman–Crippen MR) is 123 cm³/mol. The van der Waals surface area contributed by atoms with E-state index in [0.29, 0.717) is 22.2 Å². The van der Waals surface area contributed by atoms with Crippen LogP contribution in [0.1, 0.15) is 16.8 Å². The molecule has 10 nitrogen and oxygen atoms in total. The van der Waals surface area contributed by atoms with E-state index < -0.39 is 36.2 Å². The fraction of sp³-hybridized carbons (Fsp3) is 0.273. The zero-order valence-corrected chi connectivity index (χ0v) is 19.7. The van der Waals surface area contributed by atoms with E-state index in [1.54, 1.807) is 18.2 Å². The number of nitrogens with zero attached hydrogens (tertiary/aromatic N) is 1. The Labute approximate surface area is 205 Å². The first-order valence-corrected chi connectivity index (χ1v) is 10.7. The lowest BCUT2D eigenvalue weighted by Crippen LogP contribution is -2.43. The number of carbonyl (C=O) groups excluding carboxylic acids is 4. The monoisotopic (exact) mass is 509 g/mol. The zero-order chi connectivity index (χ0) is 24.8. The first kappa shape index (κ1) is 25.1. The highest BCUT2D eigenvalue weighted by atomic mass is 35.5. The van der Waals surface area contributed by atoms with Gasteiger partial charge in [-0.05, 0) is 30.3 Å². The predicted octanol–water partition coefficient (Wildman–Crippen LogP) is 2.69. The molecule has 1 aliphatic heterocycles. The molecule has 3 rings (SSSR count). The molecule has 2 aromatic rings. The highest BCUT2D eigenvalue weighted by Crippen LogP contribution is 2.29. The normalized spacial score (nSPS) is 15.0. The molecule has 1 fully saturated rings. The van der Waals surface area contributed by atoms with Gasteiger partial charge in [0.2, 0.25) is 5.91 Å². The van der Waals surface area contributed by atoms with Crippen LogP contribution in [0.5, 0.6) is 11.5 Å². The second kappa shape index (κ2) is 11.1. The van der Waals surface area contributed by atoms with Gasteiger partial charge in [0.15, 0.2) is 6.61 Å². The molecular formula is C22H21Cl2N3O7. The van der Waals surface area contributed by atoms with Crippen molar-refractivity contribution in [2.45, 2.75) is 6.42 Å². The van der Waals surface area contributed by atoms with E-state index in [4.69, 9.17) is 37.4 Å². The van der Waals surface area contributed by atoms with Crippen LogP contribution in [0, 0.1) is 5.92 Å². The molecule has 1 heterocycles. The Balaban J connectivity index is 1.51. The van der Waals surface area contributed by atoms with Crippen molar-refractivity contribution in [2.75, 3.05) is 32.7 Å². The van der Waals surface area contributed by atoms with Gasteiger partial charge in [0.1, 0.15) is 11.5 Å². The van der Waals surface area contributed by atoms with Crippen molar-refractivity contribution in [3.8, 4) is 11.5 Å². The van der Waals surface area contributed by atoms with Crippen LogP contribution in [0.4, 0.5) is 5.69 Å². The molecule has 0 bridgehead atoms. The van der Waals surface area contributed by atoms with Gasteiger partial charge in [0.05, 0.1) is 43.0 Å². The number of anilines is 1. The average molecular weight is 510 g/mol. The Hall–Kier alpha value is -3.50. The summed E-state index contributed by atoms with van der Waals surface area (Å²) in [6, 6.07) is 9.11. The van der Waals surface area contributed by atoms with Crippen LogP contribution in [0.3, 0.4) is 0 Å². The Morgan fingerprint density at radius 1 is 1.09 bits per heavy atom. The number of hydrogen-bond donors (Lipinski definition) is 2. The minimum absolute atomic E-state index is 0.109.